The van der Waals surface area contributed by atoms with Crippen molar-refractivity contribution in [2.45, 2.75) is 13.5 Å². The quantitative estimate of drug-likeness (QED) is 0.874. The highest BCUT2D eigenvalue weighted by molar-refractivity contribution is 7.70. The van der Waals surface area contributed by atoms with Crippen molar-refractivity contribution < 1.29 is 4.74 Å². The molecule has 6 heteroatoms. The third-order valence-corrected chi connectivity index (χ3v) is 5.31. The van der Waals surface area contributed by atoms with Crippen LogP contribution in [-0.2, 0) is 6.54 Å². The lowest BCUT2D eigenvalue weighted by molar-refractivity contribution is 0.414. The predicted octanol–water partition coefficient (Wildman–Crippen LogP) is 3.75. The molecule has 0 atom stereocenters. The molecule has 1 N–H and O–H groups in total. The zero-order chi connectivity index (χ0) is 13.1. The van der Waals surface area contributed by atoms with E-state index in [1.807, 2.05) is 25.1 Å². The van der Waals surface area contributed by atoms with Crippen molar-refractivity contribution in [3.05, 3.63) is 43.9 Å². The fraction of sp³-hybridized carbons (Fsp3) is 0.250. The number of benzene rings is 1. The molecule has 0 saturated carbocycles. The van der Waals surface area contributed by atoms with Crippen LogP contribution in [0.2, 0.25) is 5.02 Å². The summed E-state index contributed by atoms with van der Waals surface area (Å²) in [7, 11) is 4.17. The van der Waals surface area contributed by atoms with Gasteiger partial charge in [0.15, 0.2) is 0 Å². The molecule has 0 fully saturated rings. The van der Waals surface area contributed by atoms with Gasteiger partial charge in [0, 0.05) is 6.54 Å². The van der Waals surface area contributed by atoms with Crippen molar-refractivity contribution >= 4 is 37.3 Å². The van der Waals surface area contributed by atoms with E-state index in [1.54, 1.807) is 7.11 Å². The van der Waals surface area contributed by atoms with Crippen molar-refractivity contribution in [2.75, 3.05) is 12.4 Å². The first-order valence-electron chi connectivity index (χ1n) is 5.28. The second kappa shape index (κ2) is 5.73. The highest BCUT2D eigenvalue weighted by Gasteiger charge is 2.08. The largest absolute Gasteiger partial charge is 0.497 e. The second-order valence-electron chi connectivity index (χ2n) is 3.74. The van der Waals surface area contributed by atoms with Gasteiger partial charge in [-0.2, -0.15) is 0 Å². The van der Waals surface area contributed by atoms with Gasteiger partial charge in [-0.3, -0.25) is 4.79 Å². The fourth-order valence-electron chi connectivity index (χ4n) is 1.52. The second-order valence-corrected chi connectivity index (χ2v) is 6.23. The van der Waals surface area contributed by atoms with E-state index in [0.717, 1.165) is 32.2 Å². The third-order valence-electron chi connectivity index (χ3n) is 2.57. The van der Waals surface area contributed by atoms with Gasteiger partial charge in [0.1, 0.15) is 15.8 Å². The summed E-state index contributed by atoms with van der Waals surface area (Å²) in [5.41, 5.74) is 2.29. The average molecular weight is 302 g/mol. The van der Waals surface area contributed by atoms with Gasteiger partial charge in [-0.05, 0) is 40.5 Å². The van der Waals surface area contributed by atoms with Crippen molar-refractivity contribution in [2.24, 2.45) is 0 Å². The molecule has 1 aromatic carbocycles. The van der Waals surface area contributed by atoms with E-state index in [1.165, 1.54) is 10.3 Å². The smallest absolute Gasteiger partial charge is 0.263 e. The van der Waals surface area contributed by atoms with E-state index >= 15 is 0 Å². The van der Waals surface area contributed by atoms with Crippen LogP contribution in [0, 0.1) is 6.92 Å². The molecule has 2 rings (SSSR count). The number of rotatable bonds is 4. The van der Waals surface area contributed by atoms with Gasteiger partial charge in [0.05, 0.1) is 7.11 Å². The van der Waals surface area contributed by atoms with Crippen LogP contribution in [0.5, 0.6) is 5.75 Å². The summed E-state index contributed by atoms with van der Waals surface area (Å²) in [6.07, 6.45) is 0. The molecule has 1 heterocycles. The van der Waals surface area contributed by atoms with Crippen LogP contribution in [-0.4, -0.2) is 7.11 Å². The number of ether oxygens (including phenoxy) is 1. The minimum Gasteiger partial charge on any atom is -0.497 e. The lowest BCUT2D eigenvalue weighted by atomic mass is 10.1. The van der Waals surface area contributed by atoms with E-state index in [0.29, 0.717) is 6.54 Å². The lowest BCUT2D eigenvalue weighted by Gasteiger charge is -2.09. The van der Waals surface area contributed by atoms with E-state index in [2.05, 4.69) is 5.32 Å². The molecule has 2 aromatic rings. The van der Waals surface area contributed by atoms with Gasteiger partial charge in [-0.25, -0.2) is 0 Å². The Hall–Kier alpha value is -1.04. The number of halogens is 1. The fourth-order valence-corrected chi connectivity index (χ4v) is 3.94. The molecule has 96 valence electrons. The van der Waals surface area contributed by atoms with Crippen LogP contribution in [0.3, 0.4) is 0 Å². The number of aryl methyl sites for hydroxylation is 1. The molecule has 0 radical (unpaired) electrons. The van der Waals surface area contributed by atoms with Gasteiger partial charge in [-0.15, -0.1) is 0 Å². The Morgan fingerprint density at radius 1 is 1.39 bits per heavy atom. The number of methoxy groups -OCH3 is 1. The highest BCUT2D eigenvalue weighted by atomic mass is 35.5. The van der Waals surface area contributed by atoms with Crippen LogP contribution in [0.4, 0.5) is 5.00 Å². The summed E-state index contributed by atoms with van der Waals surface area (Å²) in [4.78, 5) is 11.2. The molecule has 0 unspecified atom stereocenters. The normalized spacial score (nSPS) is 10.4. The van der Waals surface area contributed by atoms with Crippen molar-refractivity contribution in [1.29, 1.82) is 0 Å². The topological polar surface area (TPSA) is 38.3 Å². The number of anilines is 1. The Morgan fingerprint density at radius 2 is 2.17 bits per heavy atom. The molecule has 0 aliphatic carbocycles. The molecule has 1 aromatic heterocycles. The first-order chi connectivity index (χ1) is 8.61. The maximum atomic E-state index is 11.2. The average Bonchev–Trinajstić information content (AvgIpc) is 2.68. The SMILES string of the molecule is COc1ccc(CNc2ssc(=O)c2Cl)c(C)c1. The zero-order valence-electron chi connectivity index (χ0n) is 9.95. The maximum absolute atomic E-state index is 11.2. The molecule has 0 bridgehead atoms. The minimum absolute atomic E-state index is 0.0874. The number of hydrogen-bond donors (Lipinski definition) is 1. The Labute approximate surface area is 117 Å². The maximum Gasteiger partial charge on any atom is 0.263 e. The highest BCUT2D eigenvalue weighted by Crippen LogP contribution is 2.28. The van der Waals surface area contributed by atoms with Crippen LogP contribution in [0.15, 0.2) is 23.0 Å². The monoisotopic (exact) mass is 301 g/mol. The van der Waals surface area contributed by atoms with Crippen molar-refractivity contribution in [3.63, 3.8) is 0 Å². The molecular formula is C12H12ClNO2S2. The van der Waals surface area contributed by atoms with Crippen molar-refractivity contribution in [3.8, 4) is 5.75 Å². The van der Waals surface area contributed by atoms with Gasteiger partial charge in [-0.1, -0.05) is 28.0 Å². The summed E-state index contributed by atoms with van der Waals surface area (Å²) < 4.78 is 5.07. The Balaban J connectivity index is 2.11. The van der Waals surface area contributed by atoms with E-state index in [-0.39, 0.29) is 9.77 Å². The summed E-state index contributed by atoms with van der Waals surface area (Å²) in [5, 5.41) is 4.21. The summed E-state index contributed by atoms with van der Waals surface area (Å²) in [6.45, 7) is 2.67. The number of hydrogen-bond acceptors (Lipinski definition) is 5. The standard InChI is InChI=1S/C12H12ClNO2S2/c1-7-5-9(16-2)4-3-8(7)6-14-11-10(13)12(15)18-17-11/h3-5,14H,6H2,1-2H3. The van der Waals surface area contributed by atoms with Crippen molar-refractivity contribution in [1.82, 2.24) is 0 Å². The summed E-state index contributed by atoms with van der Waals surface area (Å²) in [6, 6.07) is 5.90. The molecule has 0 spiro atoms. The van der Waals surface area contributed by atoms with Crippen LogP contribution >= 0.6 is 32.3 Å². The van der Waals surface area contributed by atoms with E-state index < -0.39 is 0 Å². The molecule has 0 aliphatic rings. The van der Waals surface area contributed by atoms with Gasteiger partial charge >= 0.3 is 0 Å². The predicted molar refractivity (Wildman–Crippen MR) is 78.5 cm³/mol. The molecule has 0 saturated heterocycles. The molecule has 3 nitrogen and oxygen atoms in total. The van der Waals surface area contributed by atoms with Gasteiger partial charge in [0.2, 0.25) is 0 Å². The first kappa shape index (κ1) is 13.4. The lowest BCUT2D eigenvalue weighted by Crippen LogP contribution is -2.02. The van der Waals surface area contributed by atoms with E-state index in [4.69, 9.17) is 16.3 Å². The minimum atomic E-state index is -0.0874. The van der Waals surface area contributed by atoms with Gasteiger partial charge < -0.3 is 10.1 Å². The summed E-state index contributed by atoms with van der Waals surface area (Å²) in [5.74, 6) is 0.842. The van der Waals surface area contributed by atoms with E-state index in [9.17, 15) is 4.79 Å². The Morgan fingerprint density at radius 3 is 2.72 bits per heavy atom. The van der Waals surface area contributed by atoms with Gasteiger partial charge in [0.25, 0.3) is 4.74 Å². The van der Waals surface area contributed by atoms with Crippen LogP contribution in [0.25, 0.3) is 0 Å². The molecule has 0 aliphatic heterocycles. The van der Waals surface area contributed by atoms with Crippen LogP contribution in [0.1, 0.15) is 11.1 Å². The first-order valence-corrected chi connectivity index (χ1v) is 7.80. The molecule has 0 amide bonds. The molecule has 18 heavy (non-hydrogen) atoms. The number of nitrogens with one attached hydrogen (secondary N) is 1. The third kappa shape index (κ3) is 2.85. The Bertz CT molecular complexity index is 606. The summed E-state index contributed by atoms with van der Waals surface area (Å²) >= 11 is 5.89. The Kier molecular flexibility index (Phi) is 4.27. The zero-order valence-corrected chi connectivity index (χ0v) is 12.3. The van der Waals surface area contributed by atoms with Crippen LogP contribution < -0.4 is 14.8 Å². The molecular weight excluding hydrogens is 290 g/mol.